The second kappa shape index (κ2) is 15.5. The van der Waals surface area contributed by atoms with E-state index < -0.39 is 0 Å². The zero-order valence-corrected chi connectivity index (χ0v) is 38.8. The molecule has 0 amide bonds. The van der Waals surface area contributed by atoms with Crippen LogP contribution in [0.5, 0.6) is 11.5 Å². The number of benzene rings is 8. The Bertz CT molecular complexity index is 3930. The Hall–Kier alpha value is -7.67. The summed E-state index contributed by atoms with van der Waals surface area (Å²) in [4.78, 5) is 7.92. The van der Waals surface area contributed by atoms with Gasteiger partial charge >= 0.3 is 0 Å². The topological polar surface area (TPSA) is 35.2 Å². The number of ether oxygens (including phenoxy) is 1. The number of anilines is 3. The summed E-state index contributed by atoms with van der Waals surface area (Å²) in [5, 5.41) is 7.43. The number of hydrogen-bond donors (Lipinski definition) is 0. The molecular formula is C61H48N4OS. The molecule has 1 aliphatic rings. The molecule has 5 heterocycles. The van der Waals surface area contributed by atoms with Gasteiger partial charge in [0.05, 0.1) is 44.8 Å². The zero-order valence-electron chi connectivity index (χ0n) is 38.0. The van der Waals surface area contributed by atoms with E-state index in [9.17, 15) is 0 Å². The summed E-state index contributed by atoms with van der Waals surface area (Å²) >= 11 is 1.85. The highest BCUT2D eigenvalue weighted by molar-refractivity contribution is 7.25. The highest BCUT2D eigenvalue weighted by Crippen LogP contribution is 2.54. The number of rotatable bonds is 8. The first-order valence-electron chi connectivity index (χ1n) is 23.7. The zero-order chi connectivity index (χ0) is 44.9. The summed E-state index contributed by atoms with van der Waals surface area (Å²) in [6.07, 6.45) is 2.12. The number of aromatic nitrogens is 3. The molecule has 13 rings (SSSR count). The van der Waals surface area contributed by atoms with Crippen molar-refractivity contribution in [1.82, 2.24) is 14.1 Å². The summed E-state index contributed by atoms with van der Waals surface area (Å²) in [5.41, 5.74) is 13.4. The van der Waals surface area contributed by atoms with E-state index in [1.54, 1.807) is 0 Å². The first-order chi connectivity index (χ1) is 33.0. The quantitative estimate of drug-likeness (QED) is 0.152. The molecule has 67 heavy (non-hydrogen) atoms. The van der Waals surface area contributed by atoms with Crippen molar-refractivity contribution >= 4 is 92.2 Å². The van der Waals surface area contributed by atoms with Crippen LogP contribution in [0.3, 0.4) is 0 Å². The number of fused-ring (bicyclic) bond motifs is 12. The first kappa shape index (κ1) is 39.7. The molecule has 6 heteroatoms. The van der Waals surface area contributed by atoms with Gasteiger partial charge < -0.3 is 14.2 Å². The van der Waals surface area contributed by atoms with Crippen LogP contribution < -0.4 is 9.64 Å². The molecule has 8 aromatic carbocycles. The Labute approximate surface area is 393 Å². The maximum atomic E-state index is 7.06. The lowest BCUT2D eigenvalue weighted by molar-refractivity contribution is 0.475. The standard InChI is InChI=1S/C61H48N4OS/c1-5-37(3)39-26-30-49-45(34-39)44-29-32-52-59(60(44)65(49)58-25-14-19-48(62-58)41-28-33-57-46(36-41)43-18-10-13-24-56(43)67-57)47-35-40(38(4)6-2)27-31-50(47)64(52)54-22-15-21-53-61(54)66-55-23-12-11-20-51(55)63(53)42-16-8-7-9-17-42/h7-38H,5-6H2,1-4H3. The summed E-state index contributed by atoms with van der Waals surface area (Å²) in [7, 11) is 0. The van der Waals surface area contributed by atoms with Gasteiger partial charge in [0.15, 0.2) is 11.5 Å². The molecule has 0 fully saturated rings. The van der Waals surface area contributed by atoms with Gasteiger partial charge in [-0.05, 0) is 133 Å². The van der Waals surface area contributed by atoms with Crippen LogP contribution in [0.25, 0.3) is 86.5 Å². The van der Waals surface area contributed by atoms with Crippen LogP contribution in [0.4, 0.5) is 17.1 Å². The SMILES string of the molecule is CCC(C)c1ccc2c(c1)c1c(ccc3c4cc(C(C)CC)ccc4n(-c4cccc(-c5ccc6sc7ccccc7c6c5)n4)c31)n2-c1cccc2c1Oc1ccccc1N2c1ccccc1. The minimum Gasteiger partial charge on any atom is -0.451 e. The molecular weight excluding hydrogens is 837 g/mol. The monoisotopic (exact) mass is 884 g/mol. The summed E-state index contributed by atoms with van der Waals surface area (Å²) in [5.74, 6) is 3.36. The van der Waals surface area contributed by atoms with E-state index in [1.165, 1.54) is 52.8 Å². The van der Waals surface area contributed by atoms with Gasteiger partial charge in [-0.3, -0.25) is 4.57 Å². The molecule has 5 nitrogen and oxygen atoms in total. The normalized spacial score (nSPS) is 13.5. The maximum absolute atomic E-state index is 7.06. The Kier molecular flexibility index (Phi) is 9.16. The summed E-state index contributed by atoms with van der Waals surface area (Å²) in [6, 6.07) is 66.5. The number of hydrogen-bond acceptors (Lipinski definition) is 4. The predicted molar refractivity (Wildman–Crippen MR) is 283 cm³/mol. The minimum absolute atomic E-state index is 0.394. The van der Waals surface area contributed by atoms with Crippen LogP contribution in [0.2, 0.25) is 0 Å². The van der Waals surface area contributed by atoms with Crippen LogP contribution >= 0.6 is 11.3 Å². The third-order valence-electron chi connectivity index (χ3n) is 14.5. The molecule has 0 spiro atoms. The Balaban J connectivity index is 1.11. The third-order valence-corrected chi connectivity index (χ3v) is 15.6. The number of thiophene rings is 1. The van der Waals surface area contributed by atoms with Gasteiger partial charge in [-0.25, -0.2) is 4.98 Å². The maximum Gasteiger partial charge on any atom is 0.175 e. The van der Waals surface area contributed by atoms with Gasteiger partial charge in [-0.15, -0.1) is 11.3 Å². The molecule has 324 valence electrons. The van der Waals surface area contributed by atoms with Gasteiger partial charge in [0.2, 0.25) is 0 Å². The smallest absolute Gasteiger partial charge is 0.175 e. The van der Waals surface area contributed by atoms with Crippen LogP contribution in [0.1, 0.15) is 63.5 Å². The van der Waals surface area contributed by atoms with Crippen molar-refractivity contribution in [3.63, 3.8) is 0 Å². The van der Waals surface area contributed by atoms with Gasteiger partial charge in [0.25, 0.3) is 0 Å². The molecule has 0 aliphatic carbocycles. The van der Waals surface area contributed by atoms with Crippen molar-refractivity contribution in [2.24, 2.45) is 0 Å². The van der Waals surface area contributed by atoms with Gasteiger partial charge in [0, 0.05) is 53.0 Å². The fourth-order valence-corrected chi connectivity index (χ4v) is 11.7. The third kappa shape index (κ3) is 6.09. The molecule has 2 unspecified atom stereocenters. The number of nitrogens with zero attached hydrogens (tertiary/aromatic N) is 4. The van der Waals surface area contributed by atoms with Gasteiger partial charge in [0.1, 0.15) is 5.82 Å². The highest BCUT2D eigenvalue weighted by atomic mass is 32.1. The highest BCUT2D eigenvalue weighted by Gasteiger charge is 2.30. The van der Waals surface area contributed by atoms with Crippen molar-refractivity contribution in [1.29, 1.82) is 0 Å². The molecule has 2 atom stereocenters. The van der Waals surface area contributed by atoms with E-state index in [4.69, 9.17) is 9.72 Å². The number of pyridine rings is 1. The predicted octanol–water partition coefficient (Wildman–Crippen LogP) is 17.9. The summed E-state index contributed by atoms with van der Waals surface area (Å²) < 4.78 is 14.5. The molecule has 12 aromatic rings. The lowest BCUT2D eigenvalue weighted by Crippen LogP contribution is -2.16. The van der Waals surface area contributed by atoms with Crippen LogP contribution in [0.15, 0.2) is 182 Å². The molecule has 0 saturated heterocycles. The van der Waals surface area contributed by atoms with Crippen molar-refractivity contribution in [3.8, 4) is 34.3 Å². The van der Waals surface area contributed by atoms with Crippen molar-refractivity contribution in [2.45, 2.75) is 52.4 Å². The van der Waals surface area contributed by atoms with Crippen molar-refractivity contribution in [2.75, 3.05) is 4.90 Å². The van der Waals surface area contributed by atoms with Crippen LogP contribution in [0, 0.1) is 0 Å². The van der Waals surface area contributed by atoms with Gasteiger partial charge in [-0.2, -0.15) is 0 Å². The van der Waals surface area contributed by atoms with Crippen molar-refractivity contribution < 1.29 is 4.74 Å². The minimum atomic E-state index is 0.394. The van der Waals surface area contributed by atoms with E-state index >= 15 is 0 Å². The Morgan fingerprint density at radius 1 is 0.507 bits per heavy atom. The van der Waals surface area contributed by atoms with E-state index in [0.29, 0.717) is 11.8 Å². The Morgan fingerprint density at radius 3 is 2.00 bits per heavy atom. The molecule has 0 saturated carbocycles. The first-order valence-corrected chi connectivity index (χ1v) is 24.5. The van der Waals surface area contributed by atoms with E-state index in [-0.39, 0.29) is 0 Å². The lowest BCUT2D eigenvalue weighted by atomic mass is 9.96. The lowest BCUT2D eigenvalue weighted by Gasteiger charge is -2.34. The molecule has 1 aliphatic heterocycles. The Morgan fingerprint density at radius 2 is 1.18 bits per heavy atom. The fourth-order valence-electron chi connectivity index (χ4n) is 10.6. The second-order valence-corrected chi connectivity index (χ2v) is 19.3. The van der Waals surface area contributed by atoms with E-state index in [2.05, 4.69) is 224 Å². The number of para-hydroxylation sites is 4. The molecule has 0 radical (unpaired) electrons. The fraction of sp³-hybridized carbons (Fsp3) is 0.131. The molecule has 0 bridgehead atoms. The van der Waals surface area contributed by atoms with E-state index in [1.807, 2.05) is 11.3 Å². The van der Waals surface area contributed by atoms with Crippen molar-refractivity contribution in [3.05, 3.63) is 193 Å². The largest absolute Gasteiger partial charge is 0.451 e. The average molecular weight is 885 g/mol. The molecule has 4 aromatic heterocycles. The second-order valence-electron chi connectivity index (χ2n) is 18.3. The van der Waals surface area contributed by atoms with Gasteiger partial charge in [-0.1, -0.05) is 113 Å². The summed E-state index contributed by atoms with van der Waals surface area (Å²) in [6.45, 7) is 9.23. The van der Waals surface area contributed by atoms with Crippen LogP contribution in [-0.4, -0.2) is 14.1 Å². The van der Waals surface area contributed by atoms with E-state index in [0.717, 1.165) is 86.2 Å². The average Bonchev–Trinajstić information content (AvgIpc) is 4.04. The molecule has 0 N–H and O–H groups in total. The van der Waals surface area contributed by atoms with Crippen LogP contribution in [-0.2, 0) is 0 Å².